The van der Waals surface area contributed by atoms with Crippen LogP contribution < -0.4 is 20.1 Å². The van der Waals surface area contributed by atoms with Crippen molar-refractivity contribution in [1.29, 1.82) is 0 Å². The molecule has 2 aromatic rings. The number of aryl methyl sites for hydroxylation is 1. The zero-order valence-electron chi connectivity index (χ0n) is 14.0. The fourth-order valence-electron chi connectivity index (χ4n) is 2.37. The number of nitrogens with zero attached hydrogens (tertiary/aromatic N) is 2. The molecule has 1 aromatic heterocycles. The van der Waals surface area contributed by atoms with Gasteiger partial charge in [0, 0.05) is 37.6 Å². The quantitative estimate of drug-likeness (QED) is 0.621. The summed E-state index contributed by atoms with van der Waals surface area (Å²) in [5.41, 5.74) is 1.12. The maximum atomic E-state index is 5.40. The van der Waals surface area contributed by atoms with E-state index < -0.39 is 0 Å². The Labute approximate surface area is 145 Å². The average molecular weight is 346 g/mol. The van der Waals surface area contributed by atoms with Gasteiger partial charge in [-0.25, -0.2) is 4.98 Å². The fraction of sp³-hybridized carbons (Fsp3) is 0.412. The molecule has 1 aliphatic rings. The van der Waals surface area contributed by atoms with Crippen molar-refractivity contribution in [2.75, 3.05) is 20.4 Å². The van der Waals surface area contributed by atoms with Crippen molar-refractivity contribution in [1.82, 2.24) is 15.6 Å². The molecule has 0 unspecified atom stereocenters. The Kier molecular flexibility index (Phi) is 5.53. The zero-order chi connectivity index (χ0) is 16.8. The van der Waals surface area contributed by atoms with E-state index in [0.717, 1.165) is 47.4 Å². The maximum absolute atomic E-state index is 5.40. The molecule has 3 rings (SSSR count). The Bertz CT molecular complexity index is 714. The van der Waals surface area contributed by atoms with E-state index in [-0.39, 0.29) is 0 Å². The number of thiazole rings is 1. The number of aromatic nitrogens is 1. The van der Waals surface area contributed by atoms with Gasteiger partial charge < -0.3 is 20.1 Å². The first-order valence-corrected chi connectivity index (χ1v) is 8.86. The highest BCUT2D eigenvalue weighted by molar-refractivity contribution is 7.11. The van der Waals surface area contributed by atoms with E-state index >= 15 is 0 Å². The number of aliphatic imine (C=N–C) groups is 1. The van der Waals surface area contributed by atoms with Crippen LogP contribution in [0.15, 0.2) is 29.4 Å². The van der Waals surface area contributed by atoms with Crippen LogP contribution in [0.4, 0.5) is 0 Å². The van der Waals surface area contributed by atoms with Gasteiger partial charge in [-0.3, -0.25) is 4.99 Å². The summed E-state index contributed by atoms with van der Waals surface area (Å²) in [6.45, 7) is 3.93. The molecule has 0 radical (unpaired) electrons. The maximum Gasteiger partial charge on any atom is 0.231 e. The predicted molar refractivity (Wildman–Crippen MR) is 96.0 cm³/mol. The van der Waals surface area contributed by atoms with E-state index in [4.69, 9.17) is 9.47 Å². The van der Waals surface area contributed by atoms with Crippen LogP contribution >= 0.6 is 11.3 Å². The minimum atomic E-state index is 0.298. The normalized spacial score (nSPS) is 13.2. The number of nitrogens with one attached hydrogen (secondary N) is 2. The van der Waals surface area contributed by atoms with Gasteiger partial charge in [-0.15, -0.1) is 11.3 Å². The van der Waals surface area contributed by atoms with Crippen molar-refractivity contribution in [2.45, 2.75) is 26.3 Å². The third-order valence-corrected chi connectivity index (χ3v) is 4.90. The van der Waals surface area contributed by atoms with Crippen molar-refractivity contribution in [2.24, 2.45) is 4.99 Å². The summed E-state index contributed by atoms with van der Waals surface area (Å²) in [7, 11) is 1.77. The summed E-state index contributed by atoms with van der Waals surface area (Å²) in [5.74, 6) is 2.38. The molecular weight excluding hydrogens is 324 g/mol. The lowest BCUT2D eigenvalue weighted by Gasteiger charge is -2.11. The third kappa shape index (κ3) is 4.17. The van der Waals surface area contributed by atoms with Crippen LogP contribution in [0, 0.1) is 0 Å². The van der Waals surface area contributed by atoms with Crippen LogP contribution in [-0.4, -0.2) is 31.3 Å². The topological polar surface area (TPSA) is 67.8 Å². The molecule has 2 heterocycles. The number of fused-ring (bicyclic) bond motifs is 1. The molecule has 7 heteroatoms. The zero-order valence-corrected chi connectivity index (χ0v) is 14.8. The standard InChI is InChI=1S/C17H22N4O2S/c1-3-13-10-20-16(24-13)6-7-19-17(18-2)21-9-12-4-5-14-15(8-12)23-11-22-14/h4-5,8,10H,3,6-7,9,11H2,1-2H3,(H2,18,19,21). The largest absolute Gasteiger partial charge is 0.454 e. The van der Waals surface area contributed by atoms with Crippen LogP contribution in [0.2, 0.25) is 0 Å². The predicted octanol–water partition coefficient (Wildman–Crippen LogP) is 2.34. The van der Waals surface area contributed by atoms with Gasteiger partial charge in [0.15, 0.2) is 17.5 Å². The minimum absolute atomic E-state index is 0.298. The lowest BCUT2D eigenvalue weighted by molar-refractivity contribution is 0.174. The van der Waals surface area contributed by atoms with Gasteiger partial charge in [-0.1, -0.05) is 13.0 Å². The van der Waals surface area contributed by atoms with E-state index in [1.54, 1.807) is 18.4 Å². The molecule has 0 atom stereocenters. The molecule has 0 bridgehead atoms. The molecule has 128 valence electrons. The second kappa shape index (κ2) is 8.01. The monoisotopic (exact) mass is 346 g/mol. The Morgan fingerprint density at radius 1 is 1.29 bits per heavy atom. The van der Waals surface area contributed by atoms with E-state index in [1.807, 2.05) is 24.4 Å². The SMILES string of the molecule is CCc1cnc(CCNC(=NC)NCc2ccc3c(c2)OCO3)s1. The van der Waals surface area contributed by atoms with Crippen LogP contribution in [0.3, 0.4) is 0 Å². The molecule has 0 saturated heterocycles. The minimum Gasteiger partial charge on any atom is -0.454 e. The van der Waals surface area contributed by atoms with Gasteiger partial charge in [0.1, 0.15) is 0 Å². The lowest BCUT2D eigenvalue weighted by atomic mass is 10.2. The van der Waals surface area contributed by atoms with Gasteiger partial charge in [-0.05, 0) is 24.1 Å². The van der Waals surface area contributed by atoms with Crippen molar-refractivity contribution < 1.29 is 9.47 Å². The van der Waals surface area contributed by atoms with Gasteiger partial charge in [0.25, 0.3) is 0 Å². The van der Waals surface area contributed by atoms with E-state index in [0.29, 0.717) is 13.3 Å². The van der Waals surface area contributed by atoms with Crippen molar-refractivity contribution in [3.8, 4) is 11.5 Å². The number of hydrogen-bond acceptors (Lipinski definition) is 5. The molecule has 0 fully saturated rings. The van der Waals surface area contributed by atoms with Gasteiger partial charge in [-0.2, -0.15) is 0 Å². The highest BCUT2D eigenvalue weighted by Crippen LogP contribution is 2.32. The van der Waals surface area contributed by atoms with E-state index in [9.17, 15) is 0 Å². The molecule has 1 aromatic carbocycles. The summed E-state index contributed by atoms with van der Waals surface area (Å²) in [6.07, 6.45) is 3.91. The Morgan fingerprint density at radius 3 is 2.96 bits per heavy atom. The van der Waals surface area contributed by atoms with Crippen molar-refractivity contribution in [3.05, 3.63) is 39.8 Å². The second-order valence-electron chi connectivity index (χ2n) is 5.36. The molecule has 6 nitrogen and oxygen atoms in total. The van der Waals surface area contributed by atoms with Gasteiger partial charge in [0.2, 0.25) is 6.79 Å². The van der Waals surface area contributed by atoms with E-state index in [1.165, 1.54) is 4.88 Å². The molecule has 1 aliphatic heterocycles. The van der Waals surface area contributed by atoms with Gasteiger partial charge in [0.05, 0.1) is 5.01 Å². The first-order chi connectivity index (χ1) is 11.8. The first-order valence-electron chi connectivity index (χ1n) is 8.05. The average Bonchev–Trinajstić information content (AvgIpc) is 3.26. The Hall–Kier alpha value is -2.28. The molecular formula is C17H22N4O2S. The molecule has 0 saturated carbocycles. The first kappa shape index (κ1) is 16.6. The molecule has 0 spiro atoms. The van der Waals surface area contributed by atoms with Crippen LogP contribution in [-0.2, 0) is 19.4 Å². The summed E-state index contributed by atoms with van der Waals surface area (Å²) < 4.78 is 10.7. The number of benzene rings is 1. The smallest absolute Gasteiger partial charge is 0.231 e. The summed E-state index contributed by atoms with van der Waals surface area (Å²) in [5, 5.41) is 7.78. The number of hydrogen-bond donors (Lipinski definition) is 2. The second-order valence-corrected chi connectivity index (χ2v) is 6.56. The van der Waals surface area contributed by atoms with E-state index in [2.05, 4.69) is 27.5 Å². The lowest BCUT2D eigenvalue weighted by Crippen LogP contribution is -2.37. The van der Waals surface area contributed by atoms with Crippen molar-refractivity contribution >= 4 is 17.3 Å². The van der Waals surface area contributed by atoms with Crippen molar-refractivity contribution in [3.63, 3.8) is 0 Å². The number of ether oxygens (including phenoxy) is 2. The van der Waals surface area contributed by atoms with Crippen LogP contribution in [0.5, 0.6) is 11.5 Å². The van der Waals surface area contributed by atoms with Gasteiger partial charge >= 0.3 is 0 Å². The summed E-state index contributed by atoms with van der Waals surface area (Å²) in [6, 6.07) is 5.95. The Balaban J connectivity index is 1.45. The fourth-order valence-corrected chi connectivity index (χ4v) is 3.23. The molecule has 24 heavy (non-hydrogen) atoms. The number of rotatable bonds is 6. The molecule has 2 N–H and O–H groups in total. The highest BCUT2D eigenvalue weighted by atomic mass is 32.1. The number of guanidine groups is 1. The molecule has 0 amide bonds. The Morgan fingerprint density at radius 2 is 2.17 bits per heavy atom. The summed E-state index contributed by atoms with van der Waals surface area (Å²) in [4.78, 5) is 10.0. The van der Waals surface area contributed by atoms with Crippen LogP contribution in [0.1, 0.15) is 22.4 Å². The van der Waals surface area contributed by atoms with Crippen LogP contribution in [0.25, 0.3) is 0 Å². The third-order valence-electron chi connectivity index (χ3n) is 3.70. The highest BCUT2D eigenvalue weighted by Gasteiger charge is 2.13. The summed E-state index contributed by atoms with van der Waals surface area (Å²) >= 11 is 1.78. The molecule has 0 aliphatic carbocycles.